The van der Waals surface area contributed by atoms with Crippen LogP contribution in [0.15, 0.2) is 13.5 Å². The molecule has 0 bridgehead atoms. The van der Waals surface area contributed by atoms with Crippen molar-refractivity contribution < 1.29 is 9.13 Å². The summed E-state index contributed by atoms with van der Waals surface area (Å²) in [6, 6.07) is 0. The topological polar surface area (TPSA) is 95.3 Å². The first kappa shape index (κ1) is 21.4. The fourth-order valence-corrected chi connectivity index (χ4v) is 26.0. The van der Waals surface area contributed by atoms with Gasteiger partial charge in [-0.3, -0.25) is 9.13 Å². The standard InChI is InChI=1S/Cl8H2N5O2P5/c1-16(2)9-19(7,11-17(3,4)14)13-20(8,10-16)12-18(5,6)15/h(H,11,14)(H,12,15)/t19-,20-/m1/s1. The van der Waals surface area contributed by atoms with E-state index in [2.05, 4.69) is 23.3 Å². The molecule has 0 aliphatic carbocycles. The maximum Gasteiger partial charge on any atom is 0.326 e. The number of hydrogen-bond donors (Lipinski definition) is 2. The zero-order chi connectivity index (χ0) is 16.0. The molecule has 0 unspecified atom stereocenters. The molecule has 1 aliphatic rings. The van der Waals surface area contributed by atoms with Gasteiger partial charge in [-0.25, -0.2) is 0 Å². The molecule has 1 rings (SSSR count). The van der Waals surface area contributed by atoms with Crippen molar-refractivity contribution in [1.29, 1.82) is 0 Å². The molecule has 0 spiro atoms. The van der Waals surface area contributed by atoms with Gasteiger partial charge in [-0.2, -0.15) is 23.3 Å². The second kappa shape index (κ2) is 6.95. The molecule has 0 amide bonds. The Morgan fingerprint density at radius 2 is 1.05 bits per heavy atom. The first-order chi connectivity index (χ1) is 8.54. The van der Waals surface area contributed by atoms with Crippen LogP contribution in [0.4, 0.5) is 0 Å². The van der Waals surface area contributed by atoms with E-state index in [4.69, 9.17) is 89.9 Å². The van der Waals surface area contributed by atoms with Crippen LogP contribution in [0.3, 0.4) is 0 Å². The smallest absolute Gasteiger partial charge is 0.271 e. The van der Waals surface area contributed by atoms with Gasteiger partial charge in [-0.15, -0.1) is 0 Å². The van der Waals surface area contributed by atoms with E-state index in [9.17, 15) is 9.13 Å². The van der Waals surface area contributed by atoms with E-state index in [1.54, 1.807) is 0 Å². The predicted octanol–water partition coefficient (Wildman–Crippen LogP) is 9.14. The van der Waals surface area contributed by atoms with E-state index in [-0.39, 0.29) is 0 Å². The Bertz CT molecular complexity index is 633. The molecule has 0 aromatic carbocycles. The lowest BCUT2D eigenvalue weighted by molar-refractivity contribution is 0.590. The SMILES string of the molecule is O=P(Cl)(Cl)N[P@@]1(Cl)=NP(Cl)(Cl)=N[P@](Cl)(NP(=O)(Cl)Cl)=N1. The Kier molecular flexibility index (Phi) is 7.45. The van der Waals surface area contributed by atoms with Crippen LogP contribution in [0.1, 0.15) is 0 Å². The Morgan fingerprint density at radius 3 is 1.40 bits per heavy atom. The van der Waals surface area contributed by atoms with Crippen LogP contribution in [0.25, 0.3) is 0 Å². The molecule has 0 aromatic rings. The van der Waals surface area contributed by atoms with Crippen LogP contribution in [-0.4, -0.2) is 0 Å². The number of nitrogens with one attached hydrogen (secondary N) is 2. The van der Waals surface area contributed by atoms with Gasteiger partial charge >= 0.3 is 12.0 Å². The third kappa shape index (κ3) is 7.98. The minimum Gasteiger partial charge on any atom is -0.271 e. The Balaban J connectivity index is 3.47. The highest BCUT2D eigenvalue weighted by Gasteiger charge is 2.39. The summed E-state index contributed by atoms with van der Waals surface area (Å²) < 4.78 is 34.0. The molecule has 0 radical (unpaired) electrons. The first-order valence-corrected chi connectivity index (χ1v) is 19.5. The molecule has 0 fully saturated rings. The average molecular weight is 543 g/mol. The number of hydrogen-bond acceptors (Lipinski definition) is 5. The fourth-order valence-electron chi connectivity index (χ4n) is 0.872. The third-order valence-electron chi connectivity index (χ3n) is 1.18. The third-order valence-corrected chi connectivity index (χ3v) is 19.5. The fraction of sp³-hybridized carbons (Fsp3) is 0. The summed E-state index contributed by atoms with van der Waals surface area (Å²) in [6.07, 6.45) is 0. The number of rotatable bonds is 4. The maximum atomic E-state index is 11.4. The van der Waals surface area contributed by atoms with E-state index < -0.39 is 31.3 Å². The monoisotopic (exact) mass is 539 g/mol. The summed E-state index contributed by atoms with van der Waals surface area (Å²) in [7, 11) is 0. The van der Waals surface area contributed by atoms with Crippen LogP contribution in [0.2, 0.25) is 0 Å². The van der Waals surface area contributed by atoms with Crippen LogP contribution in [-0.2, 0) is 9.13 Å². The zero-order valence-corrected chi connectivity index (χ0v) is 18.9. The van der Waals surface area contributed by atoms with Crippen molar-refractivity contribution in [3.63, 3.8) is 0 Å². The van der Waals surface area contributed by atoms with Gasteiger partial charge in [0, 0.05) is 0 Å². The Labute approximate surface area is 152 Å². The molecule has 2 atom stereocenters. The first-order valence-electron chi connectivity index (χ1n) is 3.81. The van der Waals surface area contributed by atoms with Gasteiger partial charge < -0.3 is 0 Å². The van der Waals surface area contributed by atoms with Crippen molar-refractivity contribution in [2.45, 2.75) is 0 Å². The minimum atomic E-state index is -3.88. The van der Waals surface area contributed by atoms with Crippen molar-refractivity contribution >= 4 is 121 Å². The quantitative estimate of drug-likeness (QED) is 0.346. The highest BCUT2D eigenvalue weighted by atomic mass is 35.9. The average Bonchev–Trinajstić information content (AvgIpc) is 1.83. The summed E-state index contributed by atoms with van der Waals surface area (Å²) in [5.74, 6) is -11.2. The molecule has 7 nitrogen and oxygen atoms in total. The van der Waals surface area contributed by atoms with E-state index >= 15 is 0 Å². The normalized spacial score (nSPS) is 33.8. The van der Waals surface area contributed by atoms with Crippen LogP contribution >= 0.6 is 121 Å². The summed E-state index contributed by atoms with van der Waals surface area (Å²) >= 11 is 45.1. The molecular weight excluding hydrogens is 541 g/mol. The van der Waals surface area contributed by atoms with Crippen molar-refractivity contribution in [1.82, 2.24) is 9.72 Å². The van der Waals surface area contributed by atoms with Crippen LogP contribution in [0.5, 0.6) is 0 Å². The van der Waals surface area contributed by atoms with Gasteiger partial charge in [0.15, 0.2) is 0 Å². The highest BCUT2D eigenvalue weighted by molar-refractivity contribution is 8.21. The summed E-state index contributed by atoms with van der Waals surface area (Å²) in [5.41, 5.74) is 0. The molecule has 2 N–H and O–H groups in total. The Hall–Kier alpha value is 3.39. The van der Waals surface area contributed by atoms with Crippen molar-refractivity contribution in [2.75, 3.05) is 0 Å². The van der Waals surface area contributed by atoms with Gasteiger partial charge in [-0.1, -0.05) is 0 Å². The second-order valence-corrected chi connectivity index (χ2v) is 24.4. The summed E-state index contributed by atoms with van der Waals surface area (Å²) in [4.78, 5) is 4.17. The lowest BCUT2D eigenvalue weighted by Crippen LogP contribution is -2.00. The lowest BCUT2D eigenvalue weighted by atomic mass is 13.8. The molecule has 20 heavy (non-hydrogen) atoms. The van der Waals surface area contributed by atoms with E-state index in [1.165, 1.54) is 0 Å². The Morgan fingerprint density at radius 1 is 0.700 bits per heavy atom. The summed E-state index contributed by atoms with van der Waals surface area (Å²) in [5, 5.41) is 0. The largest absolute Gasteiger partial charge is 0.326 e. The molecule has 1 heterocycles. The van der Waals surface area contributed by atoms with Crippen LogP contribution < -0.4 is 9.72 Å². The van der Waals surface area contributed by atoms with Gasteiger partial charge in [-0.05, 0) is 89.9 Å². The molecule has 0 aromatic heterocycles. The van der Waals surface area contributed by atoms with Crippen LogP contribution in [0, 0.1) is 0 Å². The van der Waals surface area contributed by atoms with Gasteiger partial charge in [0.25, 0.3) is 5.91 Å². The van der Waals surface area contributed by atoms with E-state index in [0.29, 0.717) is 0 Å². The van der Waals surface area contributed by atoms with E-state index in [0.717, 1.165) is 0 Å². The molecular formula is H2Cl8N5O2P5. The number of halogens is 8. The van der Waals surface area contributed by atoms with E-state index in [1.807, 2.05) is 0 Å². The predicted molar refractivity (Wildman–Crippen MR) is 96.4 cm³/mol. The molecule has 0 saturated carbocycles. The van der Waals surface area contributed by atoms with Crippen molar-refractivity contribution in [3.8, 4) is 0 Å². The highest BCUT2D eigenvalue weighted by Crippen LogP contribution is 2.86. The molecule has 120 valence electrons. The van der Waals surface area contributed by atoms with Gasteiger partial charge in [0.05, 0.1) is 0 Å². The van der Waals surface area contributed by atoms with Crippen molar-refractivity contribution in [3.05, 3.63) is 0 Å². The molecule has 1 aliphatic heterocycles. The molecule has 20 heteroatoms. The molecule has 0 saturated heterocycles. The minimum absolute atomic E-state index is 2.09. The lowest BCUT2D eigenvalue weighted by Gasteiger charge is -2.25. The second-order valence-electron chi connectivity index (χ2n) is 2.90. The maximum absolute atomic E-state index is 11.4. The number of nitrogens with zero attached hydrogens (tertiary/aromatic N) is 3. The zero-order valence-electron chi connectivity index (χ0n) is 8.42. The van der Waals surface area contributed by atoms with Gasteiger partial charge in [0.2, 0.25) is 13.4 Å². The van der Waals surface area contributed by atoms with Crippen molar-refractivity contribution in [2.24, 2.45) is 13.5 Å². The summed E-state index contributed by atoms with van der Waals surface area (Å²) in [6.45, 7) is -7.12. The van der Waals surface area contributed by atoms with Gasteiger partial charge in [0.1, 0.15) is 0 Å².